The van der Waals surface area contributed by atoms with Gasteiger partial charge < -0.3 is 15.0 Å². The molecule has 0 aliphatic rings. The highest BCUT2D eigenvalue weighted by atomic mass is 35.5. The molecular weight excluding hydrogens is 490 g/mol. The van der Waals surface area contributed by atoms with E-state index in [1.807, 2.05) is 20.8 Å². The highest BCUT2D eigenvalue weighted by molar-refractivity contribution is 7.92. The molecule has 1 N–H and O–H groups in total. The zero-order valence-electron chi connectivity index (χ0n) is 20.7. The van der Waals surface area contributed by atoms with E-state index in [1.54, 1.807) is 48.5 Å². The number of ether oxygens (including phenoxy) is 1. The van der Waals surface area contributed by atoms with Crippen molar-refractivity contribution in [1.29, 1.82) is 0 Å². The SMILES string of the molecule is CCCNC(=O)[C@@H](CC)N(Cc1ccc(Cl)cc1)C(=O)CN(c1ccc(OCC)cc1)S(C)(=O)=O. The number of anilines is 1. The summed E-state index contributed by atoms with van der Waals surface area (Å²) >= 11 is 6.00. The Balaban J connectivity index is 2.38. The molecule has 8 nitrogen and oxygen atoms in total. The predicted molar refractivity (Wildman–Crippen MR) is 139 cm³/mol. The van der Waals surface area contributed by atoms with Gasteiger partial charge in [0.25, 0.3) is 0 Å². The molecule has 0 bridgehead atoms. The Morgan fingerprint density at radius 3 is 2.17 bits per heavy atom. The van der Waals surface area contributed by atoms with Gasteiger partial charge in [-0.2, -0.15) is 0 Å². The summed E-state index contributed by atoms with van der Waals surface area (Å²) in [5, 5.41) is 3.40. The Kier molecular flexibility index (Phi) is 10.9. The van der Waals surface area contributed by atoms with Crippen LogP contribution in [0.15, 0.2) is 48.5 Å². The van der Waals surface area contributed by atoms with Crippen LogP contribution in [-0.2, 0) is 26.2 Å². The van der Waals surface area contributed by atoms with Crippen molar-refractivity contribution in [3.05, 3.63) is 59.1 Å². The van der Waals surface area contributed by atoms with Gasteiger partial charge in [-0.3, -0.25) is 13.9 Å². The number of carbonyl (C=O) groups excluding carboxylic acids is 2. The summed E-state index contributed by atoms with van der Waals surface area (Å²) < 4.78 is 31.7. The first-order valence-electron chi connectivity index (χ1n) is 11.6. The Morgan fingerprint density at radius 2 is 1.66 bits per heavy atom. The fourth-order valence-electron chi connectivity index (χ4n) is 3.56. The van der Waals surface area contributed by atoms with Crippen molar-refractivity contribution in [1.82, 2.24) is 10.2 Å². The van der Waals surface area contributed by atoms with Crippen LogP contribution in [0.3, 0.4) is 0 Å². The van der Waals surface area contributed by atoms with Gasteiger partial charge in [-0.05, 0) is 61.7 Å². The van der Waals surface area contributed by atoms with Gasteiger partial charge in [-0.1, -0.05) is 37.6 Å². The van der Waals surface area contributed by atoms with Crippen LogP contribution in [0.2, 0.25) is 5.02 Å². The second kappa shape index (κ2) is 13.3. The Hall–Kier alpha value is -2.78. The highest BCUT2D eigenvalue weighted by Gasteiger charge is 2.31. The highest BCUT2D eigenvalue weighted by Crippen LogP contribution is 2.23. The molecule has 0 heterocycles. The summed E-state index contributed by atoms with van der Waals surface area (Å²) in [5.74, 6) is -0.166. The molecule has 0 unspecified atom stereocenters. The molecule has 192 valence electrons. The fraction of sp³-hybridized carbons (Fsp3) is 0.440. The predicted octanol–water partition coefficient (Wildman–Crippen LogP) is 3.84. The van der Waals surface area contributed by atoms with Gasteiger partial charge in [0.1, 0.15) is 18.3 Å². The second-order valence-corrected chi connectivity index (χ2v) is 10.4. The number of nitrogens with zero attached hydrogens (tertiary/aromatic N) is 2. The van der Waals surface area contributed by atoms with Crippen molar-refractivity contribution in [2.45, 2.75) is 46.2 Å². The third-order valence-electron chi connectivity index (χ3n) is 5.32. The third-order valence-corrected chi connectivity index (χ3v) is 6.71. The minimum Gasteiger partial charge on any atom is -0.494 e. The van der Waals surface area contributed by atoms with Gasteiger partial charge in [0.15, 0.2) is 0 Å². The number of halogens is 1. The van der Waals surface area contributed by atoms with Crippen LogP contribution in [0.25, 0.3) is 0 Å². The van der Waals surface area contributed by atoms with Gasteiger partial charge in [0.05, 0.1) is 18.6 Å². The Bertz CT molecular complexity index is 1080. The molecule has 1 atom stereocenters. The normalized spacial score (nSPS) is 12.0. The maximum absolute atomic E-state index is 13.6. The molecule has 0 radical (unpaired) electrons. The molecule has 2 rings (SSSR count). The van der Waals surface area contributed by atoms with Crippen LogP contribution in [-0.4, -0.2) is 57.1 Å². The standard InChI is InChI=1S/C25H34ClN3O5S/c1-5-16-27-25(31)23(6-2)28(17-19-8-10-20(26)11-9-19)24(30)18-29(35(4,32)33)21-12-14-22(15-13-21)34-7-3/h8-15,23H,5-7,16-18H2,1-4H3,(H,27,31)/t23-/m1/s1. The monoisotopic (exact) mass is 523 g/mol. The zero-order valence-corrected chi connectivity index (χ0v) is 22.2. The molecule has 0 aromatic heterocycles. The Morgan fingerprint density at radius 1 is 1.03 bits per heavy atom. The summed E-state index contributed by atoms with van der Waals surface area (Å²) in [6, 6.07) is 12.7. The summed E-state index contributed by atoms with van der Waals surface area (Å²) in [5.41, 5.74) is 1.11. The van der Waals surface area contributed by atoms with Gasteiger partial charge in [0, 0.05) is 18.1 Å². The molecule has 0 fully saturated rings. The lowest BCUT2D eigenvalue weighted by molar-refractivity contribution is -0.140. The van der Waals surface area contributed by atoms with Crippen molar-refractivity contribution in [3.63, 3.8) is 0 Å². The van der Waals surface area contributed by atoms with E-state index in [-0.39, 0.29) is 12.5 Å². The number of carbonyl (C=O) groups is 2. The number of amides is 2. The van der Waals surface area contributed by atoms with E-state index < -0.39 is 28.5 Å². The van der Waals surface area contributed by atoms with Crippen LogP contribution >= 0.6 is 11.6 Å². The Labute approximate surface area is 213 Å². The van der Waals surface area contributed by atoms with E-state index in [0.717, 1.165) is 22.5 Å². The van der Waals surface area contributed by atoms with E-state index in [2.05, 4.69) is 5.32 Å². The number of nitrogens with one attached hydrogen (secondary N) is 1. The second-order valence-electron chi connectivity index (χ2n) is 8.06. The largest absolute Gasteiger partial charge is 0.494 e. The lowest BCUT2D eigenvalue weighted by Gasteiger charge is -2.33. The van der Waals surface area contributed by atoms with Crippen LogP contribution < -0.4 is 14.4 Å². The molecule has 10 heteroatoms. The van der Waals surface area contributed by atoms with Crippen molar-refractivity contribution < 1.29 is 22.7 Å². The van der Waals surface area contributed by atoms with Crippen LogP contribution in [0.5, 0.6) is 5.75 Å². The number of sulfonamides is 1. The molecular formula is C25H34ClN3O5S. The van der Waals surface area contributed by atoms with E-state index in [9.17, 15) is 18.0 Å². The van der Waals surface area contributed by atoms with Gasteiger partial charge in [0.2, 0.25) is 21.8 Å². The molecule has 2 aromatic carbocycles. The van der Waals surface area contributed by atoms with E-state index in [1.165, 1.54) is 4.90 Å². The smallest absolute Gasteiger partial charge is 0.244 e. The third kappa shape index (κ3) is 8.43. The minimum absolute atomic E-state index is 0.134. The van der Waals surface area contributed by atoms with Crippen molar-refractivity contribution in [2.24, 2.45) is 0 Å². The van der Waals surface area contributed by atoms with Gasteiger partial charge >= 0.3 is 0 Å². The van der Waals surface area contributed by atoms with Crippen molar-refractivity contribution in [2.75, 3.05) is 30.3 Å². The molecule has 0 saturated heterocycles. The lowest BCUT2D eigenvalue weighted by Crippen LogP contribution is -2.52. The van der Waals surface area contributed by atoms with Crippen LogP contribution in [0.1, 0.15) is 39.2 Å². The van der Waals surface area contributed by atoms with Gasteiger partial charge in [-0.25, -0.2) is 8.42 Å². The minimum atomic E-state index is -3.79. The number of hydrogen-bond acceptors (Lipinski definition) is 5. The summed E-state index contributed by atoms with van der Waals surface area (Å²) in [6.07, 6.45) is 2.18. The maximum Gasteiger partial charge on any atom is 0.244 e. The van der Waals surface area contributed by atoms with Crippen molar-refractivity contribution in [3.8, 4) is 5.75 Å². The number of benzene rings is 2. The average Bonchev–Trinajstić information content (AvgIpc) is 2.82. The number of hydrogen-bond donors (Lipinski definition) is 1. The molecule has 0 saturated carbocycles. The molecule has 35 heavy (non-hydrogen) atoms. The molecule has 2 amide bonds. The van der Waals surface area contributed by atoms with Crippen molar-refractivity contribution >= 4 is 39.1 Å². The molecule has 0 aliphatic carbocycles. The first kappa shape index (κ1) is 28.5. The summed E-state index contributed by atoms with van der Waals surface area (Å²) in [6.45, 7) is 6.27. The molecule has 2 aromatic rings. The average molecular weight is 524 g/mol. The fourth-order valence-corrected chi connectivity index (χ4v) is 4.54. The van der Waals surface area contributed by atoms with Gasteiger partial charge in [-0.15, -0.1) is 0 Å². The number of rotatable bonds is 13. The molecule has 0 spiro atoms. The van der Waals surface area contributed by atoms with E-state index in [0.29, 0.717) is 36.0 Å². The summed E-state index contributed by atoms with van der Waals surface area (Å²) in [7, 11) is -3.79. The zero-order chi connectivity index (χ0) is 26.0. The lowest BCUT2D eigenvalue weighted by atomic mass is 10.1. The topological polar surface area (TPSA) is 96.0 Å². The maximum atomic E-state index is 13.6. The van der Waals surface area contributed by atoms with Crippen LogP contribution in [0, 0.1) is 0 Å². The molecule has 0 aliphatic heterocycles. The van der Waals surface area contributed by atoms with Crippen LogP contribution in [0.4, 0.5) is 5.69 Å². The van der Waals surface area contributed by atoms with E-state index >= 15 is 0 Å². The van der Waals surface area contributed by atoms with E-state index in [4.69, 9.17) is 16.3 Å². The first-order valence-corrected chi connectivity index (χ1v) is 13.8. The quantitative estimate of drug-likeness (QED) is 0.430. The summed E-state index contributed by atoms with van der Waals surface area (Å²) in [4.78, 5) is 27.9. The first-order chi connectivity index (χ1) is 16.6.